The van der Waals surface area contributed by atoms with E-state index in [1.165, 1.54) is 21.9 Å². The van der Waals surface area contributed by atoms with Gasteiger partial charge in [-0.1, -0.05) is 146 Å². The third kappa shape index (κ3) is 4.82. The molecule has 0 saturated heterocycles. The summed E-state index contributed by atoms with van der Waals surface area (Å²) in [5, 5.41) is 4.44. The number of aromatic nitrogens is 3. The molecule has 1 aliphatic rings. The second-order valence-corrected chi connectivity index (χ2v) is 11.9. The first-order valence-corrected chi connectivity index (χ1v) is 16.0. The number of benzene rings is 6. The van der Waals surface area contributed by atoms with Gasteiger partial charge in [0, 0.05) is 27.5 Å². The Morgan fingerprint density at radius 3 is 1.85 bits per heavy atom. The van der Waals surface area contributed by atoms with Gasteiger partial charge in [0.15, 0.2) is 17.5 Å². The molecule has 2 heterocycles. The van der Waals surface area contributed by atoms with Gasteiger partial charge in [-0.25, -0.2) is 15.0 Å². The molecule has 0 aliphatic heterocycles. The maximum atomic E-state index is 6.67. The summed E-state index contributed by atoms with van der Waals surface area (Å²) in [5.41, 5.74) is 9.44. The minimum absolute atomic E-state index is 0.636. The van der Waals surface area contributed by atoms with Crippen molar-refractivity contribution in [3.8, 4) is 33.9 Å². The summed E-state index contributed by atoms with van der Waals surface area (Å²) in [7, 11) is 0. The molecule has 0 unspecified atom stereocenters. The molecular formula is C43H29N3O. The standard InChI is InChI=1S/C43H29N3O/c1-3-12-28(13-4-1)29-24-26-32(27-25-29)42-44-41(31-15-5-2-6-16-31)45-43(46-42)37-22-11-23-38-39(37)36-21-10-20-35(40(36)47-38)34-19-9-17-30-14-7-8-18-33(30)34/h1-24,26H,25,27H2. The number of hydrogen-bond donors (Lipinski definition) is 0. The molecule has 0 bridgehead atoms. The lowest BCUT2D eigenvalue weighted by Gasteiger charge is -2.15. The Bertz CT molecular complexity index is 2500. The Hall–Kier alpha value is -6.13. The molecule has 0 amide bonds. The zero-order valence-electron chi connectivity index (χ0n) is 25.6. The minimum Gasteiger partial charge on any atom is -0.455 e. The van der Waals surface area contributed by atoms with E-state index in [0.29, 0.717) is 17.5 Å². The Balaban J connectivity index is 1.23. The van der Waals surface area contributed by atoms with Gasteiger partial charge in [-0.3, -0.25) is 0 Å². The van der Waals surface area contributed by atoms with Crippen LogP contribution < -0.4 is 0 Å². The van der Waals surface area contributed by atoms with Gasteiger partial charge >= 0.3 is 0 Å². The van der Waals surface area contributed by atoms with Gasteiger partial charge in [0.1, 0.15) is 11.2 Å². The zero-order chi connectivity index (χ0) is 31.2. The van der Waals surface area contributed by atoms with Crippen molar-refractivity contribution in [1.82, 2.24) is 15.0 Å². The highest BCUT2D eigenvalue weighted by Gasteiger charge is 2.21. The first-order chi connectivity index (χ1) is 23.3. The Morgan fingerprint density at radius 2 is 1.02 bits per heavy atom. The lowest BCUT2D eigenvalue weighted by atomic mass is 9.93. The number of furan rings is 1. The van der Waals surface area contributed by atoms with Crippen molar-refractivity contribution in [3.05, 3.63) is 163 Å². The molecule has 2 aromatic heterocycles. The molecule has 0 atom stereocenters. The van der Waals surface area contributed by atoms with Crippen LogP contribution in [0.15, 0.2) is 156 Å². The molecule has 6 aromatic carbocycles. The monoisotopic (exact) mass is 603 g/mol. The predicted octanol–water partition coefficient (Wildman–Crippen LogP) is 11.2. The maximum Gasteiger partial charge on any atom is 0.164 e. The lowest BCUT2D eigenvalue weighted by Crippen LogP contribution is -2.04. The van der Waals surface area contributed by atoms with E-state index < -0.39 is 0 Å². The van der Waals surface area contributed by atoms with Crippen LogP contribution in [0.2, 0.25) is 0 Å². The van der Waals surface area contributed by atoms with Gasteiger partial charge in [-0.2, -0.15) is 0 Å². The van der Waals surface area contributed by atoms with Crippen molar-refractivity contribution in [2.24, 2.45) is 0 Å². The average Bonchev–Trinajstić information content (AvgIpc) is 3.55. The lowest BCUT2D eigenvalue weighted by molar-refractivity contribution is 0.670. The van der Waals surface area contributed by atoms with Crippen molar-refractivity contribution in [2.45, 2.75) is 12.8 Å². The second kappa shape index (κ2) is 11.3. The molecule has 47 heavy (non-hydrogen) atoms. The summed E-state index contributed by atoms with van der Waals surface area (Å²) >= 11 is 0. The average molecular weight is 604 g/mol. The van der Waals surface area contributed by atoms with E-state index in [9.17, 15) is 0 Å². The molecule has 0 N–H and O–H groups in total. The molecule has 0 spiro atoms. The highest BCUT2D eigenvalue weighted by molar-refractivity contribution is 6.16. The molecule has 8 aromatic rings. The van der Waals surface area contributed by atoms with E-state index >= 15 is 0 Å². The maximum absolute atomic E-state index is 6.67. The molecule has 1 aliphatic carbocycles. The van der Waals surface area contributed by atoms with Crippen molar-refractivity contribution in [1.29, 1.82) is 0 Å². The quantitative estimate of drug-likeness (QED) is 0.196. The number of para-hydroxylation sites is 1. The largest absolute Gasteiger partial charge is 0.455 e. The van der Waals surface area contributed by atoms with Gasteiger partial charge in [-0.05, 0) is 52.0 Å². The van der Waals surface area contributed by atoms with Crippen molar-refractivity contribution < 1.29 is 4.42 Å². The zero-order valence-corrected chi connectivity index (χ0v) is 25.6. The topological polar surface area (TPSA) is 51.8 Å². The summed E-state index contributed by atoms with van der Waals surface area (Å²) in [6, 6.07) is 48.2. The van der Waals surface area contributed by atoms with Crippen LogP contribution in [-0.4, -0.2) is 15.0 Å². The molecule has 4 heteroatoms. The van der Waals surface area contributed by atoms with Crippen LogP contribution in [0.5, 0.6) is 0 Å². The molecular weight excluding hydrogens is 574 g/mol. The fourth-order valence-electron chi connectivity index (χ4n) is 6.78. The number of allylic oxidation sites excluding steroid dienone is 4. The van der Waals surface area contributed by atoms with Gasteiger partial charge < -0.3 is 4.42 Å². The van der Waals surface area contributed by atoms with E-state index in [1.807, 2.05) is 30.3 Å². The van der Waals surface area contributed by atoms with Crippen LogP contribution >= 0.6 is 0 Å². The van der Waals surface area contributed by atoms with Crippen molar-refractivity contribution in [2.75, 3.05) is 0 Å². The summed E-state index contributed by atoms with van der Waals surface area (Å²) in [4.78, 5) is 15.3. The van der Waals surface area contributed by atoms with Crippen molar-refractivity contribution >= 4 is 43.9 Å². The molecule has 4 nitrogen and oxygen atoms in total. The first-order valence-electron chi connectivity index (χ1n) is 16.0. The van der Waals surface area contributed by atoms with Crippen LogP contribution in [0.25, 0.3) is 77.8 Å². The van der Waals surface area contributed by atoms with E-state index in [0.717, 1.165) is 62.6 Å². The Labute approximate surface area is 272 Å². The van der Waals surface area contributed by atoms with Gasteiger partial charge in [0.05, 0.1) is 0 Å². The highest BCUT2D eigenvalue weighted by Crippen LogP contribution is 2.42. The fraction of sp³-hybridized carbons (Fsp3) is 0.0465. The molecule has 9 rings (SSSR count). The minimum atomic E-state index is 0.636. The summed E-state index contributed by atoms with van der Waals surface area (Å²) in [6.45, 7) is 0. The molecule has 0 fully saturated rings. The van der Waals surface area contributed by atoms with Crippen molar-refractivity contribution in [3.63, 3.8) is 0 Å². The highest BCUT2D eigenvalue weighted by atomic mass is 16.3. The molecule has 222 valence electrons. The van der Waals surface area contributed by atoms with Crippen LogP contribution in [0.3, 0.4) is 0 Å². The SMILES string of the molecule is C1=C(c2ccccc2)CCC(c2nc(-c3ccccc3)nc(-c3cccc4oc5c(-c6cccc7ccccc67)cccc5c34)n2)=C1. The number of nitrogens with zero attached hydrogens (tertiary/aromatic N) is 3. The first kappa shape index (κ1) is 27.2. The van der Waals surface area contributed by atoms with Gasteiger partial charge in [0.25, 0.3) is 0 Å². The second-order valence-electron chi connectivity index (χ2n) is 11.9. The third-order valence-corrected chi connectivity index (χ3v) is 9.09. The number of fused-ring (bicyclic) bond motifs is 4. The van der Waals surface area contributed by atoms with E-state index in [4.69, 9.17) is 19.4 Å². The van der Waals surface area contributed by atoms with E-state index in [1.54, 1.807) is 0 Å². The Morgan fingerprint density at radius 1 is 0.426 bits per heavy atom. The summed E-state index contributed by atoms with van der Waals surface area (Å²) in [6.07, 6.45) is 6.16. The summed E-state index contributed by atoms with van der Waals surface area (Å²) in [5.74, 6) is 2.00. The Kier molecular flexibility index (Phi) is 6.57. The van der Waals surface area contributed by atoms with E-state index in [-0.39, 0.29) is 0 Å². The van der Waals surface area contributed by atoms with Crippen LogP contribution in [0.1, 0.15) is 24.2 Å². The van der Waals surface area contributed by atoms with Gasteiger partial charge in [-0.15, -0.1) is 0 Å². The number of hydrogen-bond acceptors (Lipinski definition) is 4. The van der Waals surface area contributed by atoms with Crippen LogP contribution in [-0.2, 0) is 0 Å². The predicted molar refractivity (Wildman–Crippen MR) is 193 cm³/mol. The smallest absolute Gasteiger partial charge is 0.164 e. The molecule has 0 radical (unpaired) electrons. The van der Waals surface area contributed by atoms with Crippen LogP contribution in [0.4, 0.5) is 0 Å². The third-order valence-electron chi connectivity index (χ3n) is 9.09. The van der Waals surface area contributed by atoms with E-state index in [2.05, 4.69) is 121 Å². The normalized spacial score (nSPS) is 13.2. The summed E-state index contributed by atoms with van der Waals surface area (Å²) < 4.78 is 6.67. The van der Waals surface area contributed by atoms with Crippen LogP contribution in [0, 0.1) is 0 Å². The fourth-order valence-corrected chi connectivity index (χ4v) is 6.78. The van der Waals surface area contributed by atoms with Gasteiger partial charge in [0.2, 0.25) is 0 Å². The molecule has 0 saturated carbocycles. The number of rotatable bonds is 5.